The van der Waals surface area contributed by atoms with Gasteiger partial charge in [-0.15, -0.1) is 11.3 Å². The van der Waals surface area contributed by atoms with Gasteiger partial charge in [-0.2, -0.15) is 0 Å². The molecule has 0 unspecified atom stereocenters. The molecule has 6 nitrogen and oxygen atoms in total. The number of hydrogen-bond donors (Lipinski definition) is 2. The Hall–Kier alpha value is -2.12. The van der Waals surface area contributed by atoms with Gasteiger partial charge >= 0.3 is 0 Å². The van der Waals surface area contributed by atoms with Crippen molar-refractivity contribution in [3.05, 3.63) is 49.2 Å². The Balaban J connectivity index is 1.60. The third-order valence-corrected chi connectivity index (χ3v) is 8.32. The van der Waals surface area contributed by atoms with E-state index in [4.69, 9.17) is 5.73 Å². The molecule has 168 valence electrons. The van der Waals surface area contributed by atoms with Crippen LogP contribution in [0.15, 0.2) is 10.9 Å². The van der Waals surface area contributed by atoms with E-state index < -0.39 is 0 Å². The first-order valence-electron chi connectivity index (χ1n) is 11.4. The monoisotopic (exact) mass is 442 g/mol. The molecule has 1 aliphatic heterocycles. The van der Waals surface area contributed by atoms with Crippen LogP contribution < -0.4 is 16.2 Å². The number of aromatic nitrogens is 1. The van der Waals surface area contributed by atoms with Crippen molar-refractivity contribution in [1.29, 1.82) is 0 Å². The van der Waals surface area contributed by atoms with Gasteiger partial charge in [0.1, 0.15) is 0 Å². The normalized spacial score (nSPS) is 21.3. The van der Waals surface area contributed by atoms with E-state index in [1.807, 2.05) is 24.8 Å². The third kappa shape index (κ3) is 4.17. The average Bonchev–Trinajstić information content (AvgIpc) is 3.05. The number of nitrogens with one attached hydrogen (secondary N) is 1. The van der Waals surface area contributed by atoms with Crippen molar-refractivity contribution < 1.29 is 4.79 Å². The van der Waals surface area contributed by atoms with Gasteiger partial charge in [-0.05, 0) is 70.6 Å². The number of aromatic amines is 1. The second kappa shape index (κ2) is 8.79. The molecule has 0 saturated heterocycles. The number of aryl methyl sites for hydroxylation is 2. The van der Waals surface area contributed by atoms with E-state index in [9.17, 15) is 9.59 Å². The third-order valence-electron chi connectivity index (χ3n) is 6.93. The number of anilines is 1. The maximum Gasteiger partial charge on any atom is 0.255 e. The lowest BCUT2D eigenvalue weighted by Crippen LogP contribution is -2.41. The van der Waals surface area contributed by atoms with Crippen LogP contribution in [0.5, 0.6) is 0 Å². The molecule has 31 heavy (non-hydrogen) atoms. The highest BCUT2D eigenvalue weighted by Gasteiger charge is 2.33. The van der Waals surface area contributed by atoms with Crippen LogP contribution in [-0.2, 0) is 13.0 Å². The molecule has 0 aromatic carbocycles. The van der Waals surface area contributed by atoms with Crippen LogP contribution in [0.1, 0.15) is 70.2 Å². The summed E-state index contributed by atoms with van der Waals surface area (Å²) in [6.07, 6.45) is 5.23. The maximum absolute atomic E-state index is 13.5. The SMILES string of the molecule is CCN(c1sc2c(c1C)C(=O)N(Cc1c(C)cc(C)[nH]c1=O)CC2)C1CCC(N)CC1. The Morgan fingerprint density at radius 1 is 1.19 bits per heavy atom. The van der Waals surface area contributed by atoms with Crippen LogP contribution >= 0.6 is 11.3 Å². The van der Waals surface area contributed by atoms with Crippen LogP contribution in [0, 0.1) is 20.8 Å². The highest BCUT2D eigenvalue weighted by Crippen LogP contribution is 2.41. The van der Waals surface area contributed by atoms with E-state index in [0.717, 1.165) is 61.0 Å². The van der Waals surface area contributed by atoms with Gasteiger partial charge in [0.2, 0.25) is 0 Å². The Kier molecular flexibility index (Phi) is 6.26. The zero-order chi connectivity index (χ0) is 22.3. The minimum absolute atomic E-state index is 0.0577. The number of H-pyrrole nitrogens is 1. The van der Waals surface area contributed by atoms with Gasteiger partial charge in [0.25, 0.3) is 11.5 Å². The zero-order valence-corrected chi connectivity index (χ0v) is 19.9. The zero-order valence-electron chi connectivity index (χ0n) is 19.1. The minimum atomic E-state index is -0.0912. The van der Waals surface area contributed by atoms with E-state index in [2.05, 4.69) is 23.7 Å². The van der Waals surface area contributed by atoms with Gasteiger partial charge in [0.15, 0.2) is 0 Å². The number of nitrogens with zero attached hydrogens (tertiary/aromatic N) is 2. The molecular formula is C24H34N4O2S. The first-order chi connectivity index (χ1) is 14.8. The number of rotatable bonds is 5. The lowest BCUT2D eigenvalue weighted by molar-refractivity contribution is 0.0727. The van der Waals surface area contributed by atoms with Crippen molar-refractivity contribution in [2.75, 3.05) is 18.0 Å². The largest absolute Gasteiger partial charge is 0.361 e. The summed E-state index contributed by atoms with van der Waals surface area (Å²) in [5.41, 5.74) is 10.5. The molecule has 1 fully saturated rings. The Morgan fingerprint density at radius 2 is 1.90 bits per heavy atom. The fourth-order valence-corrected chi connectivity index (χ4v) is 6.61. The summed E-state index contributed by atoms with van der Waals surface area (Å²) in [5, 5.41) is 1.24. The molecule has 1 saturated carbocycles. The minimum Gasteiger partial charge on any atom is -0.361 e. The molecule has 3 heterocycles. The number of carbonyl (C=O) groups excluding carboxylic acids is 1. The summed E-state index contributed by atoms with van der Waals surface area (Å²) in [7, 11) is 0. The predicted molar refractivity (Wildman–Crippen MR) is 127 cm³/mol. The molecule has 0 radical (unpaired) electrons. The van der Waals surface area contributed by atoms with Crippen LogP contribution in [0.3, 0.4) is 0 Å². The molecule has 1 aliphatic carbocycles. The van der Waals surface area contributed by atoms with Gasteiger partial charge in [-0.3, -0.25) is 9.59 Å². The molecule has 7 heteroatoms. The summed E-state index contributed by atoms with van der Waals surface area (Å²) in [5.74, 6) is 0.0577. The van der Waals surface area contributed by atoms with Crippen molar-refractivity contribution in [3.8, 4) is 0 Å². The van der Waals surface area contributed by atoms with E-state index >= 15 is 0 Å². The number of hydrogen-bond acceptors (Lipinski definition) is 5. The molecule has 0 spiro atoms. The van der Waals surface area contributed by atoms with Crippen molar-refractivity contribution >= 4 is 22.2 Å². The molecule has 3 N–H and O–H groups in total. The van der Waals surface area contributed by atoms with Crippen LogP contribution in [0.25, 0.3) is 0 Å². The lowest BCUT2D eigenvalue weighted by atomic mass is 9.90. The van der Waals surface area contributed by atoms with Crippen LogP contribution in [-0.4, -0.2) is 41.0 Å². The van der Waals surface area contributed by atoms with Crippen molar-refractivity contribution in [1.82, 2.24) is 9.88 Å². The number of amides is 1. The molecule has 2 aromatic heterocycles. The molecule has 2 aromatic rings. The number of pyridine rings is 1. The predicted octanol–water partition coefficient (Wildman–Crippen LogP) is 3.66. The quantitative estimate of drug-likeness (QED) is 0.740. The fraction of sp³-hybridized carbons (Fsp3) is 0.583. The first-order valence-corrected chi connectivity index (χ1v) is 12.2. The van der Waals surface area contributed by atoms with E-state index in [0.29, 0.717) is 30.7 Å². The first kappa shape index (κ1) is 22.1. The molecule has 2 aliphatic rings. The standard InChI is InChI=1S/C24H34N4O2S/c1-5-28(18-8-6-17(25)7-9-18)24-16(4)21-20(31-24)10-11-27(23(21)30)13-19-14(2)12-15(3)26-22(19)29/h12,17-18H,5-11,13,25H2,1-4H3,(H,26,29). The fourth-order valence-electron chi connectivity index (χ4n) is 5.19. The second-order valence-electron chi connectivity index (χ2n) is 9.10. The number of carbonyl (C=O) groups is 1. The lowest BCUT2D eigenvalue weighted by Gasteiger charge is -2.36. The highest BCUT2D eigenvalue weighted by atomic mass is 32.1. The molecular weight excluding hydrogens is 408 g/mol. The Bertz CT molecular complexity index is 1030. The average molecular weight is 443 g/mol. The van der Waals surface area contributed by atoms with Gasteiger partial charge < -0.3 is 20.5 Å². The summed E-state index contributed by atoms with van der Waals surface area (Å²) < 4.78 is 0. The molecule has 0 bridgehead atoms. The van der Waals surface area contributed by atoms with Crippen molar-refractivity contribution in [3.63, 3.8) is 0 Å². The number of fused-ring (bicyclic) bond motifs is 1. The second-order valence-corrected chi connectivity index (χ2v) is 10.2. The van der Waals surface area contributed by atoms with Crippen LogP contribution in [0.2, 0.25) is 0 Å². The summed E-state index contributed by atoms with van der Waals surface area (Å²) in [4.78, 5) is 34.3. The Morgan fingerprint density at radius 3 is 2.55 bits per heavy atom. The van der Waals surface area contributed by atoms with Gasteiger partial charge in [0, 0.05) is 47.7 Å². The summed E-state index contributed by atoms with van der Waals surface area (Å²) in [6, 6.07) is 2.80. The van der Waals surface area contributed by atoms with Crippen LogP contribution in [0.4, 0.5) is 5.00 Å². The molecule has 1 amide bonds. The van der Waals surface area contributed by atoms with Gasteiger partial charge in [0.05, 0.1) is 17.1 Å². The van der Waals surface area contributed by atoms with E-state index in [1.54, 1.807) is 11.3 Å². The van der Waals surface area contributed by atoms with Crippen molar-refractivity contribution in [2.45, 2.75) is 78.4 Å². The molecule has 0 atom stereocenters. The highest BCUT2D eigenvalue weighted by molar-refractivity contribution is 7.16. The summed E-state index contributed by atoms with van der Waals surface area (Å²) >= 11 is 1.79. The maximum atomic E-state index is 13.5. The molecule has 4 rings (SSSR count). The smallest absolute Gasteiger partial charge is 0.255 e. The summed E-state index contributed by atoms with van der Waals surface area (Å²) in [6.45, 7) is 10.1. The topological polar surface area (TPSA) is 82.4 Å². The number of thiophene rings is 1. The Labute approximate surface area is 188 Å². The van der Waals surface area contributed by atoms with Gasteiger partial charge in [-0.1, -0.05) is 0 Å². The van der Waals surface area contributed by atoms with E-state index in [-0.39, 0.29) is 11.5 Å². The van der Waals surface area contributed by atoms with E-state index in [1.165, 1.54) is 9.88 Å². The van der Waals surface area contributed by atoms with Crippen molar-refractivity contribution in [2.24, 2.45) is 5.73 Å². The number of nitrogens with two attached hydrogens (primary N) is 1. The van der Waals surface area contributed by atoms with Gasteiger partial charge in [-0.25, -0.2) is 0 Å².